The highest BCUT2D eigenvalue weighted by molar-refractivity contribution is 5.35. The molecule has 1 fully saturated rings. The summed E-state index contributed by atoms with van der Waals surface area (Å²) in [6.45, 7) is 3.51. The van der Waals surface area contributed by atoms with Crippen LogP contribution in [0.25, 0.3) is 0 Å². The highest BCUT2D eigenvalue weighted by atomic mass is 16.3. The van der Waals surface area contributed by atoms with Crippen molar-refractivity contribution in [3.63, 3.8) is 0 Å². The number of fused-ring (bicyclic) bond motifs is 1. The summed E-state index contributed by atoms with van der Waals surface area (Å²) in [6.07, 6.45) is 1.95. The maximum absolute atomic E-state index is 10.5. The fourth-order valence-corrected chi connectivity index (χ4v) is 3.67. The maximum atomic E-state index is 10.5. The van der Waals surface area contributed by atoms with Crippen LogP contribution in [0.5, 0.6) is 0 Å². The molecule has 0 bridgehead atoms. The summed E-state index contributed by atoms with van der Waals surface area (Å²) >= 11 is 0. The first-order chi connectivity index (χ1) is 9.15. The number of aliphatic hydroxyl groups is 1. The van der Waals surface area contributed by atoms with Gasteiger partial charge in [-0.05, 0) is 50.5 Å². The molecule has 2 aliphatic rings. The van der Waals surface area contributed by atoms with Gasteiger partial charge in [-0.1, -0.05) is 24.3 Å². The molecule has 3 rings (SSSR count). The van der Waals surface area contributed by atoms with E-state index in [0.717, 1.165) is 24.4 Å². The van der Waals surface area contributed by atoms with Crippen molar-refractivity contribution in [3.05, 3.63) is 35.4 Å². The van der Waals surface area contributed by atoms with Crippen LogP contribution in [-0.4, -0.2) is 54.7 Å². The summed E-state index contributed by atoms with van der Waals surface area (Å²) < 4.78 is 0. The highest BCUT2D eigenvalue weighted by Crippen LogP contribution is 2.34. The van der Waals surface area contributed by atoms with Crippen LogP contribution in [0, 0.1) is 5.92 Å². The van der Waals surface area contributed by atoms with Gasteiger partial charge < -0.3 is 10.0 Å². The van der Waals surface area contributed by atoms with E-state index in [9.17, 15) is 5.11 Å². The number of aliphatic hydroxyl groups excluding tert-OH is 1. The van der Waals surface area contributed by atoms with Crippen LogP contribution in [-0.2, 0) is 6.42 Å². The number of likely N-dealkylation sites (N-methyl/N-ethyl adjacent to an activating group) is 1. The molecular formula is C16H24N2O. The van der Waals surface area contributed by atoms with Crippen molar-refractivity contribution in [2.75, 3.05) is 33.7 Å². The number of hydrogen-bond donors (Lipinski definition) is 1. The monoisotopic (exact) mass is 260 g/mol. The number of rotatable bonds is 3. The number of nitrogens with zero attached hydrogens (tertiary/aromatic N) is 2. The van der Waals surface area contributed by atoms with E-state index in [-0.39, 0.29) is 12.1 Å². The summed E-state index contributed by atoms with van der Waals surface area (Å²) in [4.78, 5) is 4.77. The minimum absolute atomic E-state index is 0.253. The number of hydrogen-bond acceptors (Lipinski definition) is 3. The van der Waals surface area contributed by atoms with Gasteiger partial charge in [0.1, 0.15) is 0 Å². The summed E-state index contributed by atoms with van der Waals surface area (Å²) in [5, 5.41) is 10.5. The normalized spacial score (nSPS) is 31.1. The molecule has 1 aromatic rings. The van der Waals surface area contributed by atoms with Crippen molar-refractivity contribution in [2.45, 2.75) is 25.0 Å². The van der Waals surface area contributed by atoms with E-state index in [4.69, 9.17) is 0 Å². The van der Waals surface area contributed by atoms with Crippen LogP contribution in [0.2, 0.25) is 0 Å². The molecule has 1 saturated heterocycles. The van der Waals surface area contributed by atoms with E-state index in [1.807, 2.05) is 6.07 Å². The molecule has 19 heavy (non-hydrogen) atoms. The molecule has 1 N–H and O–H groups in total. The molecule has 3 nitrogen and oxygen atoms in total. The van der Waals surface area contributed by atoms with Crippen LogP contribution in [0.4, 0.5) is 0 Å². The zero-order chi connectivity index (χ0) is 13.4. The summed E-state index contributed by atoms with van der Waals surface area (Å²) in [5.41, 5.74) is 2.44. The van der Waals surface area contributed by atoms with Crippen LogP contribution in [0.1, 0.15) is 23.7 Å². The van der Waals surface area contributed by atoms with E-state index in [2.05, 4.69) is 42.1 Å². The van der Waals surface area contributed by atoms with Crippen LogP contribution in [0.15, 0.2) is 24.3 Å². The molecule has 3 heteroatoms. The average Bonchev–Trinajstić information content (AvgIpc) is 2.94. The summed E-state index contributed by atoms with van der Waals surface area (Å²) in [6, 6.07) is 8.56. The van der Waals surface area contributed by atoms with Gasteiger partial charge in [0, 0.05) is 19.1 Å². The third kappa shape index (κ3) is 2.55. The van der Waals surface area contributed by atoms with Crippen LogP contribution >= 0.6 is 0 Å². The Morgan fingerprint density at radius 1 is 1.37 bits per heavy atom. The smallest absolute Gasteiger partial charge is 0.0950 e. The molecule has 0 radical (unpaired) electrons. The van der Waals surface area contributed by atoms with Crippen molar-refractivity contribution >= 4 is 0 Å². The first-order valence-electron chi connectivity index (χ1n) is 7.30. The number of benzene rings is 1. The first kappa shape index (κ1) is 13.1. The second-order valence-electron chi connectivity index (χ2n) is 6.27. The Labute approximate surface area is 115 Å². The topological polar surface area (TPSA) is 26.7 Å². The zero-order valence-corrected chi connectivity index (χ0v) is 11.9. The average molecular weight is 260 g/mol. The van der Waals surface area contributed by atoms with E-state index >= 15 is 0 Å². The molecule has 3 atom stereocenters. The van der Waals surface area contributed by atoms with E-state index in [1.165, 1.54) is 25.1 Å². The van der Waals surface area contributed by atoms with Crippen molar-refractivity contribution in [2.24, 2.45) is 5.92 Å². The summed E-state index contributed by atoms with van der Waals surface area (Å²) in [5.74, 6) is 0.755. The fourth-order valence-electron chi connectivity index (χ4n) is 3.67. The largest absolute Gasteiger partial charge is 0.387 e. The number of likely N-dealkylation sites (tertiary alicyclic amines) is 1. The van der Waals surface area contributed by atoms with Crippen LogP contribution in [0.3, 0.4) is 0 Å². The van der Waals surface area contributed by atoms with Crippen molar-refractivity contribution < 1.29 is 5.11 Å². The Hall–Kier alpha value is -0.900. The Bertz CT molecular complexity index is 448. The van der Waals surface area contributed by atoms with E-state index in [0.29, 0.717) is 0 Å². The standard InChI is InChI=1S/C16H24N2O/c1-17-8-7-12(10-17)11-18(2)15-9-13-5-3-4-6-14(13)16(15)19/h3-6,12,15-16,19H,7-11H2,1-2H3. The molecule has 3 unspecified atom stereocenters. The predicted molar refractivity (Wildman–Crippen MR) is 77.1 cm³/mol. The molecule has 1 heterocycles. The predicted octanol–water partition coefficient (Wildman–Crippen LogP) is 1.53. The lowest BCUT2D eigenvalue weighted by atomic mass is 10.1. The second-order valence-corrected chi connectivity index (χ2v) is 6.27. The Balaban J connectivity index is 1.64. The third-order valence-electron chi connectivity index (χ3n) is 4.77. The molecule has 1 aliphatic carbocycles. The first-order valence-corrected chi connectivity index (χ1v) is 7.30. The van der Waals surface area contributed by atoms with Gasteiger partial charge in [-0.15, -0.1) is 0 Å². The van der Waals surface area contributed by atoms with Gasteiger partial charge in [0.2, 0.25) is 0 Å². The van der Waals surface area contributed by atoms with E-state index < -0.39 is 0 Å². The Morgan fingerprint density at radius 2 is 2.16 bits per heavy atom. The third-order valence-corrected chi connectivity index (χ3v) is 4.77. The molecule has 1 aliphatic heterocycles. The van der Waals surface area contributed by atoms with Crippen molar-refractivity contribution in [1.82, 2.24) is 9.80 Å². The lowest BCUT2D eigenvalue weighted by Crippen LogP contribution is -2.38. The SMILES string of the molecule is CN1CCC(CN(C)C2Cc3ccccc3C2O)C1. The second kappa shape index (κ2) is 5.23. The molecular weight excluding hydrogens is 236 g/mol. The highest BCUT2D eigenvalue weighted by Gasteiger charge is 2.34. The van der Waals surface area contributed by atoms with E-state index in [1.54, 1.807) is 0 Å². The molecule has 1 aromatic carbocycles. The maximum Gasteiger partial charge on any atom is 0.0950 e. The fraction of sp³-hybridized carbons (Fsp3) is 0.625. The molecule has 104 valence electrons. The van der Waals surface area contributed by atoms with Gasteiger partial charge in [-0.25, -0.2) is 0 Å². The van der Waals surface area contributed by atoms with Gasteiger partial charge >= 0.3 is 0 Å². The lowest BCUT2D eigenvalue weighted by molar-refractivity contribution is 0.0680. The van der Waals surface area contributed by atoms with Crippen molar-refractivity contribution in [1.29, 1.82) is 0 Å². The Morgan fingerprint density at radius 3 is 2.84 bits per heavy atom. The minimum atomic E-state index is -0.319. The quantitative estimate of drug-likeness (QED) is 0.893. The van der Waals surface area contributed by atoms with Gasteiger partial charge in [0.15, 0.2) is 0 Å². The minimum Gasteiger partial charge on any atom is -0.387 e. The molecule has 0 amide bonds. The van der Waals surface area contributed by atoms with Gasteiger partial charge in [0.05, 0.1) is 6.10 Å². The Kier molecular flexibility index (Phi) is 3.61. The zero-order valence-electron chi connectivity index (χ0n) is 11.9. The molecule has 0 aromatic heterocycles. The summed E-state index contributed by atoms with van der Waals surface area (Å²) in [7, 11) is 4.36. The molecule has 0 spiro atoms. The molecule has 0 saturated carbocycles. The van der Waals surface area contributed by atoms with Crippen molar-refractivity contribution in [3.8, 4) is 0 Å². The van der Waals surface area contributed by atoms with Gasteiger partial charge in [0.25, 0.3) is 0 Å². The van der Waals surface area contributed by atoms with Gasteiger partial charge in [-0.3, -0.25) is 4.90 Å². The van der Waals surface area contributed by atoms with Gasteiger partial charge in [-0.2, -0.15) is 0 Å². The van der Waals surface area contributed by atoms with Crippen LogP contribution < -0.4 is 0 Å². The lowest BCUT2D eigenvalue weighted by Gasteiger charge is -2.29.